The van der Waals surface area contributed by atoms with Gasteiger partial charge in [0.15, 0.2) is 0 Å². The average Bonchev–Trinajstić information content (AvgIpc) is 3.10. The van der Waals surface area contributed by atoms with Crippen LogP contribution in [0.4, 0.5) is 0 Å². The molecular formula is C19H26N4O. The van der Waals surface area contributed by atoms with Crippen LogP contribution in [0.5, 0.6) is 0 Å². The molecule has 0 aliphatic carbocycles. The van der Waals surface area contributed by atoms with Crippen molar-refractivity contribution in [1.29, 1.82) is 0 Å². The molecule has 1 aliphatic heterocycles. The van der Waals surface area contributed by atoms with Gasteiger partial charge in [0.25, 0.3) is 0 Å². The van der Waals surface area contributed by atoms with Gasteiger partial charge in [0, 0.05) is 30.4 Å². The molecule has 2 aromatic rings. The third kappa shape index (κ3) is 3.85. The van der Waals surface area contributed by atoms with E-state index in [1.807, 2.05) is 50.2 Å². The maximum absolute atomic E-state index is 12.9. The van der Waals surface area contributed by atoms with Gasteiger partial charge in [-0.2, -0.15) is 5.10 Å². The minimum Gasteiger partial charge on any atom is -0.352 e. The summed E-state index contributed by atoms with van der Waals surface area (Å²) in [7, 11) is 0. The minimum atomic E-state index is -0.237. The lowest BCUT2D eigenvalue weighted by atomic mass is 9.92. The van der Waals surface area contributed by atoms with Gasteiger partial charge in [-0.05, 0) is 44.9 Å². The van der Waals surface area contributed by atoms with Crippen molar-refractivity contribution in [2.45, 2.75) is 44.7 Å². The van der Waals surface area contributed by atoms with E-state index < -0.39 is 0 Å². The van der Waals surface area contributed by atoms with Gasteiger partial charge in [-0.15, -0.1) is 0 Å². The number of carbonyl (C=O) groups excluding carboxylic acids is 1. The Bertz CT molecular complexity index is 639. The van der Waals surface area contributed by atoms with Crippen LogP contribution < -0.4 is 5.32 Å². The van der Waals surface area contributed by atoms with E-state index in [0.717, 1.165) is 37.2 Å². The first-order chi connectivity index (χ1) is 11.6. The van der Waals surface area contributed by atoms with Crippen molar-refractivity contribution in [2.75, 3.05) is 13.1 Å². The van der Waals surface area contributed by atoms with Crippen molar-refractivity contribution in [2.24, 2.45) is 0 Å². The Labute approximate surface area is 143 Å². The minimum absolute atomic E-state index is 0.0847. The quantitative estimate of drug-likeness (QED) is 0.888. The number of nitrogens with one attached hydrogen (secondary N) is 2. The molecule has 0 unspecified atom stereocenters. The third-order valence-electron chi connectivity index (χ3n) is 4.57. The van der Waals surface area contributed by atoms with Crippen LogP contribution >= 0.6 is 0 Å². The fourth-order valence-electron chi connectivity index (χ4n) is 3.52. The zero-order valence-electron chi connectivity index (χ0n) is 14.4. The van der Waals surface area contributed by atoms with Crippen molar-refractivity contribution in [3.8, 4) is 0 Å². The van der Waals surface area contributed by atoms with Gasteiger partial charge in [0.1, 0.15) is 6.04 Å². The normalized spacial score (nSPS) is 20.0. The van der Waals surface area contributed by atoms with E-state index in [4.69, 9.17) is 0 Å². The number of hydrogen-bond acceptors (Lipinski definition) is 3. The highest BCUT2D eigenvalue weighted by atomic mass is 16.2. The Morgan fingerprint density at radius 1 is 1.29 bits per heavy atom. The number of amides is 1. The second kappa shape index (κ2) is 7.62. The van der Waals surface area contributed by atoms with Crippen LogP contribution in [-0.2, 0) is 4.79 Å². The van der Waals surface area contributed by atoms with E-state index in [1.165, 1.54) is 0 Å². The molecule has 2 N–H and O–H groups in total. The largest absolute Gasteiger partial charge is 0.352 e. The van der Waals surface area contributed by atoms with Crippen LogP contribution in [0.25, 0.3) is 0 Å². The summed E-state index contributed by atoms with van der Waals surface area (Å²) in [5.74, 6) is 0.487. The fraction of sp³-hybridized carbons (Fsp3) is 0.474. The number of aromatic amines is 1. The van der Waals surface area contributed by atoms with Gasteiger partial charge >= 0.3 is 0 Å². The predicted octanol–water partition coefficient (Wildman–Crippen LogP) is 2.86. The third-order valence-corrected chi connectivity index (χ3v) is 4.57. The molecule has 24 heavy (non-hydrogen) atoms. The van der Waals surface area contributed by atoms with Gasteiger partial charge in [-0.1, -0.05) is 30.3 Å². The van der Waals surface area contributed by atoms with Crippen molar-refractivity contribution in [3.05, 3.63) is 53.9 Å². The number of piperidine rings is 1. The van der Waals surface area contributed by atoms with Gasteiger partial charge < -0.3 is 5.32 Å². The number of likely N-dealkylation sites (tertiary alicyclic amines) is 1. The topological polar surface area (TPSA) is 61.0 Å². The van der Waals surface area contributed by atoms with Gasteiger partial charge in [-0.3, -0.25) is 14.8 Å². The summed E-state index contributed by atoms with van der Waals surface area (Å²) in [4.78, 5) is 15.2. The predicted molar refractivity (Wildman–Crippen MR) is 94.6 cm³/mol. The molecule has 1 aliphatic rings. The Hall–Kier alpha value is -2.14. The molecule has 1 aromatic carbocycles. The van der Waals surface area contributed by atoms with E-state index in [2.05, 4.69) is 20.4 Å². The number of rotatable bonds is 5. The summed E-state index contributed by atoms with van der Waals surface area (Å²) in [6, 6.07) is 12.0. The first kappa shape index (κ1) is 16.7. The molecule has 0 saturated carbocycles. The zero-order chi connectivity index (χ0) is 16.9. The van der Waals surface area contributed by atoms with E-state index >= 15 is 0 Å². The molecule has 5 heteroatoms. The molecule has 0 spiro atoms. The second-order valence-electron chi connectivity index (χ2n) is 6.82. The first-order valence-electron chi connectivity index (χ1n) is 8.74. The van der Waals surface area contributed by atoms with E-state index in [9.17, 15) is 4.79 Å². The van der Waals surface area contributed by atoms with Gasteiger partial charge in [0.2, 0.25) is 5.91 Å². The molecule has 128 valence electrons. The molecule has 0 bridgehead atoms. The van der Waals surface area contributed by atoms with E-state index in [0.29, 0.717) is 5.92 Å². The Kier molecular flexibility index (Phi) is 5.30. The van der Waals surface area contributed by atoms with Crippen molar-refractivity contribution in [1.82, 2.24) is 20.4 Å². The number of hydrogen-bond donors (Lipinski definition) is 2. The maximum atomic E-state index is 12.9. The first-order valence-corrected chi connectivity index (χ1v) is 8.74. The SMILES string of the molecule is CC(C)NC(=O)[C@H](c1ccccc1)N1CCC[C@@H](c2ccn[nH]2)C1. The lowest BCUT2D eigenvalue weighted by Crippen LogP contribution is -2.46. The summed E-state index contributed by atoms with van der Waals surface area (Å²) in [5, 5.41) is 10.3. The van der Waals surface area contributed by atoms with Crippen LogP contribution in [-0.4, -0.2) is 40.1 Å². The molecule has 2 heterocycles. The molecule has 2 atom stereocenters. The second-order valence-corrected chi connectivity index (χ2v) is 6.82. The Morgan fingerprint density at radius 3 is 2.75 bits per heavy atom. The van der Waals surface area contributed by atoms with E-state index in [1.54, 1.807) is 6.20 Å². The lowest BCUT2D eigenvalue weighted by molar-refractivity contribution is -0.127. The lowest BCUT2D eigenvalue weighted by Gasteiger charge is -2.37. The number of benzene rings is 1. The Morgan fingerprint density at radius 2 is 2.08 bits per heavy atom. The summed E-state index contributed by atoms with van der Waals surface area (Å²) >= 11 is 0. The van der Waals surface area contributed by atoms with Crippen LogP contribution in [0, 0.1) is 0 Å². The van der Waals surface area contributed by atoms with Crippen molar-refractivity contribution < 1.29 is 4.79 Å². The number of carbonyl (C=O) groups is 1. The van der Waals surface area contributed by atoms with Gasteiger partial charge in [0.05, 0.1) is 0 Å². The average molecular weight is 326 g/mol. The maximum Gasteiger partial charge on any atom is 0.242 e. The highest BCUT2D eigenvalue weighted by Crippen LogP contribution is 2.31. The van der Waals surface area contributed by atoms with Crippen molar-refractivity contribution in [3.63, 3.8) is 0 Å². The summed E-state index contributed by atoms with van der Waals surface area (Å²) in [6.45, 7) is 5.82. The summed E-state index contributed by atoms with van der Waals surface area (Å²) in [6.07, 6.45) is 4.02. The monoisotopic (exact) mass is 326 g/mol. The fourth-order valence-corrected chi connectivity index (χ4v) is 3.52. The molecular weight excluding hydrogens is 300 g/mol. The van der Waals surface area contributed by atoms with Crippen molar-refractivity contribution >= 4 is 5.91 Å². The molecule has 1 saturated heterocycles. The molecule has 3 rings (SSSR count). The van der Waals surface area contributed by atoms with Gasteiger partial charge in [-0.25, -0.2) is 0 Å². The highest BCUT2D eigenvalue weighted by molar-refractivity contribution is 5.83. The van der Waals surface area contributed by atoms with Crippen LogP contribution in [0.15, 0.2) is 42.6 Å². The number of H-pyrrole nitrogens is 1. The smallest absolute Gasteiger partial charge is 0.242 e. The van der Waals surface area contributed by atoms with Crippen LogP contribution in [0.1, 0.15) is 49.9 Å². The number of aromatic nitrogens is 2. The van der Waals surface area contributed by atoms with E-state index in [-0.39, 0.29) is 18.0 Å². The molecule has 1 fully saturated rings. The Balaban J connectivity index is 1.83. The summed E-state index contributed by atoms with van der Waals surface area (Å²) in [5.41, 5.74) is 2.22. The van der Waals surface area contributed by atoms with Crippen LogP contribution in [0.2, 0.25) is 0 Å². The summed E-state index contributed by atoms with van der Waals surface area (Å²) < 4.78 is 0. The number of nitrogens with zero attached hydrogens (tertiary/aromatic N) is 2. The highest BCUT2D eigenvalue weighted by Gasteiger charge is 2.32. The standard InChI is InChI=1S/C19H26N4O/c1-14(2)21-19(24)18(15-7-4-3-5-8-15)23-12-6-9-16(13-23)17-10-11-20-22-17/h3-5,7-8,10-11,14,16,18H,6,9,12-13H2,1-2H3,(H,20,22)(H,21,24)/t16-,18+/m1/s1. The molecule has 5 nitrogen and oxygen atoms in total. The van der Waals surface area contributed by atoms with Crippen LogP contribution in [0.3, 0.4) is 0 Å². The molecule has 1 amide bonds. The molecule has 0 radical (unpaired) electrons. The zero-order valence-corrected chi connectivity index (χ0v) is 14.4. The molecule has 1 aromatic heterocycles.